The van der Waals surface area contributed by atoms with Crippen LogP contribution in [0.4, 0.5) is 0 Å². The molecule has 3 heterocycles. The third-order valence-corrected chi connectivity index (χ3v) is 6.53. The Morgan fingerprint density at radius 2 is 1.81 bits per heavy atom. The molecule has 4 rings (SSSR count). The minimum absolute atomic E-state index is 0.0920. The van der Waals surface area contributed by atoms with Gasteiger partial charge in [0.25, 0.3) is 5.91 Å². The molecular formula is C24H32N4O4. The summed E-state index contributed by atoms with van der Waals surface area (Å²) in [6.45, 7) is 2.82. The van der Waals surface area contributed by atoms with Crippen molar-refractivity contribution < 1.29 is 19.1 Å². The number of fused-ring (bicyclic) bond motifs is 1. The van der Waals surface area contributed by atoms with Gasteiger partial charge < -0.3 is 19.3 Å². The Balaban J connectivity index is 1.50. The molecule has 0 radical (unpaired) electrons. The lowest BCUT2D eigenvalue weighted by Crippen LogP contribution is -2.37. The van der Waals surface area contributed by atoms with Crippen molar-refractivity contribution in [3.63, 3.8) is 0 Å². The summed E-state index contributed by atoms with van der Waals surface area (Å²) in [5.74, 6) is 1.10. The molecular weight excluding hydrogens is 408 g/mol. The maximum Gasteiger partial charge on any atom is 0.258 e. The molecule has 2 aromatic rings. The Hall–Kier alpha value is -3.03. The molecule has 1 aromatic carbocycles. The zero-order valence-corrected chi connectivity index (χ0v) is 19.2. The first kappa shape index (κ1) is 22.2. The van der Waals surface area contributed by atoms with Crippen molar-refractivity contribution in [3.8, 4) is 11.5 Å². The SMILES string of the molecule is COc1cccc(C(=O)N2CCc3c(c(CCC(=O)N4CCCCC4)nn3C)C2)c1OC. The summed E-state index contributed by atoms with van der Waals surface area (Å²) in [5, 5.41) is 4.70. The number of ether oxygens (including phenoxy) is 2. The van der Waals surface area contributed by atoms with E-state index in [0.29, 0.717) is 43.0 Å². The van der Waals surface area contributed by atoms with Crippen LogP contribution in [0.2, 0.25) is 0 Å². The topological polar surface area (TPSA) is 76.9 Å². The maximum atomic E-state index is 13.4. The molecule has 32 heavy (non-hydrogen) atoms. The summed E-state index contributed by atoms with van der Waals surface area (Å²) in [7, 11) is 5.05. The van der Waals surface area contributed by atoms with Gasteiger partial charge in [0.1, 0.15) is 0 Å². The highest BCUT2D eigenvalue weighted by Crippen LogP contribution is 2.33. The lowest BCUT2D eigenvalue weighted by molar-refractivity contribution is -0.132. The van der Waals surface area contributed by atoms with E-state index in [1.165, 1.54) is 6.42 Å². The number of carbonyl (C=O) groups excluding carboxylic acids is 2. The number of aromatic nitrogens is 2. The second kappa shape index (κ2) is 9.63. The van der Waals surface area contributed by atoms with E-state index >= 15 is 0 Å². The Morgan fingerprint density at radius 3 is 2.53 bits per heavy atom. The highest BCUT2D eigenvalue weighted by atomic mass is 16.5. The summed E-state index contributed by atoms with van der Waals surface area (Å²) in [6.07, 6.45) is 5.19. The Kier molecular flexibility index (Phi) is 6.67. The largest absolute Gasteiger partial charge is 0.493 e. The Labute approximate surface area is 189 Å². The predicted molar refractivity (Wildman–Crippen MR) is 120 cm³/mol. The van der Waals surface area contributed by atoms with Crippen LogP contribution in [-0.4, -0.2) is 65.2 Å². The van der Waals surface area contributed by atoms with Crippen molar-refractivity contribution in [1.29, 1.82) is 0 Å². The van der Waals surface area contributed by atoms with Crippen molar-refractivity contribution in [1.82, 2.24) is 19.6 Å². The molecule has 8 heteroatoms. The van der Waals surface area contributed by atoms with Crippen molar-refractivity contribution in [2.24, 2.45) is 7.05 Å². The van der Waals surface area contributed by atoms with Gasteiger partial charge >= 0.3 is 0 Å². The van der Waals surface area contributed by atoms with E-state index in [1.807, 2.05) is 21.5 Å². The second-order valence-electron chi connectivity index (χ2n) is 8.45. The molecule has 8 nitrogen and oxygen atoms in total. The molecule has 0 bridgehead atoms. The monoisotopic (exact) mass is 440 g/mol. The third-order valence-electron chi connectivity index (χ3n) is 6.53. The van der Waals surface area contributed by atoms with Crippen molar-refractivity contribution in [2.75, 3.05) is 33.9 Å². The smallest absolute Gasteiger partial charge is 0.258 e. The normalized spacial score (nSPS) is 16.0. The first-order chi connectivity index (χ1) is 15.5. The lowest BCUT2D eigenvalue weighted by atomic mass is 10.0. The minimum Gasteiger partial charge on any atom is -0.493 e. The minimum atomic E-state index is -0.0920. The number of nitrogens with zero attached hydrogens (tertiary/aromatic N) is 4. The summed E-state index contributed by atoms with van der Waals surface area (Å²) >= 11 is 0. The molecule has 172 valence electrons. The highest BCUT2D eigenvalue weighted by molar-refractivity contribution is 5.98. The first-order valence-electron chi connectivity index (χ1n) is 11.3. The van der Waals surface area contributed by atoms with Crippen molar-refractivity contribution in [2.45, 2.75) is 45.1 Å². The molecule has 2 aliphatic rings. The molecule has 0 aliphatic carbocycles. The summed E-state index contributed by atoms with van der Waals surface area (Å²) < 4.78 is 12.7. The van der Waals surface area contributed by atoms with Crippen LogP contribution in [-0.2, 0) is 31.2 Å². The van der Waals surface area contributed by atoms with E-state index in [2.05, 4.69) is 0 Å². The molecule has 1 saturated heterocycles. The van der Waals surface area contributed by atoms with Gasteiger partial charge in [-0.1, -0.05) is 6.07 Å². The van der Waals surface area contributed by atoms with Crippen molar-refractivity contribution in [3.05, 3.63) is 40.7 Å². The Bertz CT molecular complexity index is 994. The molecule has 1 fully saturated rings. The zero-order valence-electron chi connectivity index (χ0n) is 19.2. The fourth-order valence-corrected chi connectivity index (χ4v) is 4.80. The van der Waals surface area contributed by atoms with Crippen LogP contribution < -0.4 is 9.47 Å². The number of likely N-dealkylation sites (tertiary alicyclic amines) is 1. The number of piperidine rings is 1. The number of amides is 2. The fourth-order valence-electron chi connectivity index (χ4n) is 4.80. The number of carbonyl (C=O) groups is 2. The number of hydrogen-bond donors (Lipinski definition) is 0. The summed E-state index contributed by atoms with van der Waals surface area (Å²) in [5.41, 5.74) is 3.62. The second-order valence-corrected chi connectivity index (χ2v) is 8.45. The van der Waals surface area contributed by atoms with E-state index in [-0.39, 0.29) is 11.8 Å². The zero-order chi connectivity index (χ0) is 22.7. The van der Waals surface area contributed by atoms with E-state index in [4.69, 9.17) is 14.6 Å². The first-order valence-corrected chi connectivity index (χ1v) is 11.3. The number of rotatable bonds is 6. The van der Waals surface area contributed by atoms with E-state index in [9.17, 15) is 9.59 Å². The van der Waals surface area contributed by atoms with E-state index in [0.717, 1.165) is 49.3 Å². The molecule has 0 atom stereocenters. The maximum absolute atomic E-state index is 13.4. The van der Waals surface area contributed by atoms with Crippen LogP contribution in [0.1, 0.15) is 53.0 Å². The van der Waals surface area contributed by atoms with Crippen molar-refractivity contribution >= 4 is 11.8 Å². The van der Waals surface area contributed by atoms with Gasteiger partial charge in [-0.05, 0) is 31.4 Å². The van der Waals surface area contributed by atoms with Crippen LogP contribution >= 0.6 is 0 Å². The van der Waals surface area contributed by atoms with Gasteiger partial charge in [0.05, 0.1) is 25.5 Å². The van der Waals surface area contributed by atoms with Crippen LogP contribution in [0.3, 0.4) is 0 Å². The standard InChI is InChI=1S/C24H32N4O4/c1-26-20-12-15-28(24(30)17-8-7-9-21(31-2)23(17)32-3)16-18(20)19(25-26)10-11-22(29)27-13-5-4-6-14-27/h7-9H,4-6,10-16H2,1-3H3. The number of para-hydroxylation sites is 1. The number of hydrogen-bond acceptors (Lipinski definition) is 5. The molecule has 2 aliphatic heterocycles. The van der Waals surface area contributed by atoms with Crippen LogP contribution in [0.5, 0.6) is 11.5 Å². The highest BCUT2D eigenvalue weighted by Gasteiger charge is 2.29. The predicted octanol–water partition coefficient (Wildman–Crippen LogP) is 2.58. The summed E-state index contributed by atoms with van der Waals surface area (Å²) in [4.78, 5) is 29.8. The van der Waals surface area contributed by atoms with Gasteiger partial charge in [-0.2, -0.15) is 5.10 Å². The van der Waals surface area contributed by atoms with Gasteiger partial charge in [0.15, 0.2) is 11.5 Å². The van der Waals surface area contributed by atoms with Gasteiger partial charge in [-0.25, -0.2) is 0 Å². The van der Waals surface area contributed by atoms with Gasteiger partial charge in [0.2, 0.25) is 5.91 Å². The third kappa shape index (κ3) is 4.31. The quantitative estimate of drug-likeness (QED) is 0.690. The molecule has 0 saturated carbocycles. The number of benzene rings is 1. The van der Waals surface area contributed by atoms with E-state index < -0.39 is 0 Å². The average Bonchev–Trinajstić information content (AvgIpc) is 3.16. The molecule has 2 amide bonds. The average molecular weight is 441 g/mol. The van der Waals surface area contributed by atoms with Crippen LogP contribution in [0.15, 0.2) is 18.2 Å². The summed E-state index contributed by atoms with van der Waals surface area (Å²) in [6, 6.07) is 5.34. The number of methoxy groups -OCH3 is 2. The molecule has 1 aromatic heterocycles. The number of aryl methyl sites for hydroxylation is 2. The fraction of sp³-hybridized carbons (Fsp3) is 0.542. The molecule has 0 unspecified atom stereocenters. The Morgan fingerprint density at radius 1 is 1.03 bits per heavy atom. The van der Waals surface area contributed by atoms with Crippen LogP contribution in [0.25, 0.3) is 0 Å². The van der Waals surface area contributed by atoms with Gasteiger partial charge in [-0.3, -0.25) is 14.3 Å². The van der Waals surface area contributed by atoms with Gasteiger partial charge in [0, 0.05) is 63.7 Å². The lowest BCUT2D eigenvalue weighted by Gasteiger charge is -2.29. The van der Waals surface area contributed by atoms with E-state index in [1.54, 1.807) is 32.4 Å². The van der Waals surface area contributed by atoms with Crippen LogP contribution in [0, 0.1) is 0 Å². The van der Waals surface area contributed by atoms with Gasteiger partial charge in [-0.15, -0.1) is 0 Å². The molecule has 0 N–H and O–H groups in total. The molecule has 0 spiro atoms.